The Morgan fingerprint density at radius 2 is 1.89 bits per heavy atom. The van der Waals surface area contributed by atoms with Crippen LogP contribution in [0.3, 0.4) is 0 Å². The average Bonchev–Trinajstić information content (AvgIpc) is 3.04. The molecule has 0 atom stereocenters. The first-order valence-corrected chi connectivity index (χ1v) is 10.7. The van der Waals surface area contributed by atoms with E-state index in [1.54, 1.807) is 56.4 Å². The van der Waals surface area contributed by atoms with Crippen molar-refractivity contribution >= 4 is 51.3 Å². The molecule has 0 aliphatic heterocycles. The zero-order valence-corrected chi connectivity index (χ0v) is 19.7. The van der Waals surface area contributed by atoms with Crippen LogP contribution in [-0.2, 0) is 23.0 Å². The molecule has 2 aromatic rings. The second kappa shape index (κ2) is 10.4. The van der Waals surface area contributed by atoms with Gasteiger partial charge >= 0.3 is 0 Å². The van der Waals surface area contributed by atoms with E-state index < -0.39 is 15.6 Å². The second-order valence-electron chi connectivity index (χ2n) is 6.92. The summed E-state index contributed by atoms with van der Waals surface area (Å²) in [6, 6.07) is 10.9. The van der Waals surface area contributed by atoms with Crippen LogP contribution in [-0.4, -0.2) is 26.5 Å². The molecule has 0 aliphatic carbocycles. The number of rotatable bonds is 7. The first kappa shape index (κ1) is 23.9. The Morgan fingerprint density at radius 3 is 2.52 bits per heavy atom. The van der Waals surface area contributed by atoms with Gasteiger partial charge < -0.3 is 11.1 Å². The average molecular weight is 522 g/mol. The van der Waals surface area contributed by atoms with Gasteiger partial charge in [-0.1, -0.05) is 24.3 Å². The van der Waals surface area contributed by atoms with Crippen LogP contribution >= 0.6 is 35.3 Å². The summed E-state index contributed by atoms with van der Waals surface area (Å²) in [5, 5.41) is 5.09. The number of thiophene rings is 1. The van der Waals surface area contributed by atoms with Crippen LogP contribution in [0.4, 0.5) is 0 Å². The Hall–Kier alpha value is -1.17. The standard InChI is InChI=1S/C18H26N4O2S2.HI/c1-18(2,3)22-26(23,24)16-9-5-4-7-14(16)13-21-17(19)20-11-10-15-8-6-12-25-15;/h4-9,12,22H,10-11,13H2,1-3H3,(H3,19,20,21);1H. The van der Waals surface area contributed by atoms with Crippen LogP contribution in [0.5, 0.6) is 0 Å². The number of guanidine groups is 1. The molecule has 0 bridgehead atoms. The summed E-state index contributed by atoms with van der Waals surface area (Å²) in [5.74, 6) is 0.303. The minimum atomic E-state index is -3.62. The molecule has 0 saturated heterocycles. The Bertz CT molecular complexity index is 844. The number of halogens is 1. The number of aliphatic imine (C=N–C) groups is 1. The lowest BCUT2D eigenvalue weighted by molar-refractivity contribution is 0.491. The fraction of sp³-hybridized carbons (Fsp3) is 0.389. The van der Waals surface area contributed by atoms with E-state index in [4.69, 9.17) is 5.73 Å². The summed E-state index contributed by atoms with van der Waals surface area (Å²) in [6.45, 7) is 6.29. The molecule has 4 N–H and O–H groups in total. The van der Waals surface area contributed by atoms with Crippen molar-refractivity contribution in [2.45, 2.75) is 44.2 Å². The van der Waals surface area contributed by atoms with Crippen molar-refractivity contribution in [2.24, 2.45) is 10.7 Å². The van der Waals surface area contributed by atoms with E-state index in [-0.39, 0.29) is 35.4 Å². The van der Waals surface area contributed by atoms with Gasteiger partial charge in [0, 0.05) is 17.0 Å². The summed E-state index contributed by atoms with van der Waals surface area (Å²) in [7, 11) is -3.62. The molecule has 1 aromatic carbocycles. The van der Waals surface area contributed by atoms with Crippen LogP contribution in [0, 0.1) is 0 Å². The Morgan fingerprint density at radius 1 is 1.19 bits per heavy atom. The number of sulfonamides is 1. The van der Waals surface area contributed by atoms with Crippen LogP contribution < -0.4 is 15.8 Å². The van der Waals surface area contributed by atoms with Crippen molar-refractivity contribution < 1.29 is 8.42 Å². The lowest BCUT2D eigenvalue weighted by Crippen LogP contribution is -2.40. The molecule has 0 unspecified atom stereocenters. The maximum absolute atomic E-state index is 12.6. The van der Waals surface area contributed by atoms with E-state index in [0.717, 1.165) is 6.42 Å². The number of nitrogens with one attached hydrogen (secondary N) is 2. The smallest absolute Gasteiger partial charge is 0.241 e. The molecule has 0 amide bonds. The summed E-state index contributed by atoms with van der Waals surface area (Å²) in [6.07, 6.45) is 0.869. The lowest BCUT2D eigenvalue weighted by Gasteiger charge is -2.21. The fourth-order valence-electron chi connectivity index (χ4n) is 2.35. The maximum Gasteiger partial charge on any atom is 0.241 e. The summed E-state index contributed by atoms with van der Waals surface area (Å²) in [4.78, 5) is 5.78. The summed E-state index contributed by atoms with van der Waals surface area (Å²) >= 11 is 1.70. The third-order valence-corrected chi connectivity index (χ3v) is 6.17. The second-order valence-corrected chi connectivity index (χ2v) is 9.60. The molecule has 6 nitrogen and oxygen atoms in total. The van der Waals surface area contributed by atoms with Gasteiger partial charge in [0.1, 0.15) is 0 Å². The highest BCUT2D eigenvalue weighted by molar-refractivity contribution is 14.0. The normalized spacial score (nSPS) is 12.5. The number of nitrogens with two attached hydrogens (primary N) is 1. The summed E-state index contributed by atoms with van der Waals surface area (Å²) < 4.78 is 27.9. The van der Waals surface area contributed by atoms with Gasteiger partial charge in [-0.3, -0.25) is 0 Å². The topological polar surface area (TPSA) is 96.6 Å². The molecule has 0 radical (unpaired) electrons. The lowest BCUT2D eigenvalue weighted by atomic mass is 10.1. The van der Waals surface area contributed by atoms with Crippen LogP contribution in [0.2, 0.25) is 0 Å². The number of hydrogen-bond donors (Lipinski definition) is 3. The van der Waals surface area contributed by atoms with Crippen LogP contribution in [0.25, 0.3) is 0 Å². The summed E-state index contributed by atoms with van der Waals surface area (Å²) in [5.41, 5.74) is 5.95. The third kappa shape index (κ3) is 8.16. The van der Waals surface area contributed by atoms with E-state index in [9.17, 15) is 8.42 Å². The highest BCUT2D eigenvalue weighted by Gasteiger charge is 2.24. The number of nitrogens with zero attached hydrogens (tertiary/aromatic N) is 1. The highest BCUT2D eigenvalue weighted by atomic mass is 127. The molecule has 1 heterocycles. The zero-order chi connectivity index (χ0) is 19.2. The van der Waals surface area contributed by atoms with Gasteiger partial charge in [0.25, 0.3) is 0 Å². The van der Waals surface area contributed by atoms with Gasteiger partial charge in [0.15, 0.2) is 5.96 Å². The molecule has 27 heavy (non-hydrogen) atoms. The molecule has 2 rings (SSSR count). The Labute approximate surface area is 182 Å². The number of benzene rings is 1. The Balaban J connectivity index is 0.00000364. The first-order chi connectivity index (χ1) is 12.2. The van der Waals surface area contributed by atoms with Crippen molar-refractivity contribution in [3.63, 3.8) is 0 Å². The Kier molecular flexibility index (Phi) is 9.19. The van der Waals surface area contributed by atoms with E-state index in [2.05, 4.69) is 21.1 Å². The SMILES string of the molecule is CC(C)(C)NS(=O)(=O)c1ccccc1CN=C(N)NCCc1cccs1.I. The minimum Gasteiger partial charge on any atom is -0.370 e. The predicted molar refractivity (Wildman–Crippen MR) is 123 cm³/mol. The van der Waals surface area contributed by atoms with Crippen molar-refractivity contribution in [1.29, 1.82) is 0 Å². The predicted octanol–water partition coefficient (Wildman–Crippen LogP) is 3.09. The molecule has 1 aromatic heterocycles. The van der Waals surface area contributed by atoms with Crippen molar-refractivity contribution in [3.8, 4) is 0 Å². The monoisotopic (exact) mass is 522 g/mol. The van der Waals surface area contributed by atoms with Gasteiger partial charge in [0.2, 0.25) is 10.0 Å². The largest absolute Gasteiger partial charge is 0.370 e. The van der Waals surface area contributed by atoms with Crippen LogP contribution in [0.15, 0.2) is 51.7 Å². The van der Waals surface area contributed by atoms with E-state index >= 15 is 0 Å². The van der Waals surface area contributed by atoms with Crippen molar-refractivity contribution in [2.75, 3.05) is 6.54 Å². The van der Waals surface area contributed by atoms with Gasteiger partial charge in [-0.05, 0) is 50.3 Å². The third-order valence-electron chi connectivity index (χ3n) is 3.38. The molecular weight excluding hydrogens is 495 g/mol. The zero-order valence-electron chi connectivity index (χ0n) is 15.7. The van der Waals surface area contributed by atoms with Crippen molar-refractivity contribution in [1.82, 2.24) is 10.0 Å². The molecule has 9 heteroatoms. The van der Waals surface area contributed by atoms with Crippen LogP contribution in [0.1, 0.15) is 31.2 Å². The van der Waals surface area contributed by atoms with Gasteiger partial charge in [-0.25, -0.2) is 18.1 Å². The quantitative estimate of drug-likeness (QED) is 0.296. The minimum absolute atomic E-state index is 0. The molecule has 0 aliphatic rings. The van der Waals surface area contributed by atoms with E-state index in [1.165, 1.54) is 4.88 Å². The van der Waals surface area contributed by atoms with Gasteiger partial charge in [0.05, 0.1) is 11.4 Å². The molecule has 150 valence electrons. The highest BCUT2D eigenvalue weighted by Crippen LogP contribution is 2.18. The van der Waals surface area contributed by atoms with E-state index in [0.29, 0.717) is 18.1 Å². The first-order valence-electron chi connectivity index (χ1n) is 8.35. The molecule has 0 saturated carbocycles. The maximum atomic E-state index is 12.6. The molecular formula is C18H27IN4O2S2. The molecule has 0 spiro atoms. The molecule has 0 fully saturated rings. The fourth-order valence-corrected chi connectivity index (χ4v) is 4.71. The van der Waals surface area contributed by atoms with Gasteiger partial charge in [-0.2, -0.15) is 0 Å². The van der Waals surface area contributed by atoms with Gasteiger partial charge in [-0.15, -0.1) is 35.3 Å². The van der Waals surface area contributed by atoms with E-state index in [1.807, 2.05) is 11.4 Å². The number of hydrogen-bond acceptors (Lipinski definition) is 4. The van der Waals surface area contributed by atoms with Crippen molar-refractivity contribution in [3.05, 3.63) is 52.2 Å².